The third kappa shape index (κ3) is 7.53. The Balaban J connectivity index is 0.00000353. The minimum Gasteiger partial charge on any atom is -0.481 e. The van der Waals surface area contributed by atoms with Crippen molar-refractivity contribution in [2.45, 2.75) is 53.4 Å². The van der Waals surface area contributed by atoms with E-state index in [1.807, 2.05) is 19.9 Å². The maximum Gasteiger partial charge on any atom is 0.303 e. The van der Waals surface area contributed by atoms with Gasteiger partial charge < -0.3 is 25.5 Å². The molecule has 5 N–H and O–H groups in total. The van der Waals surface area contributed by atoms with Crippen LogP contribution >= 0.6 is 24.8 Å². The molecule has 0 fully saturated rings. The molecule has 0 bridgehead atoms. The smallest absolute Gasteiger partial charge is 0.303 e. The fourth-order valence-corrected chi connectivity index (χ4v) is 5.34. The van der Waals surface area contributed by atoms with Crippen molar-refractivity contribution >= 4 is 72.5 Å². The molecule has 2 aliphatic rings. The van der Waals surface area contributed by atoms with E-state index in [0.717, 1.165) is 22.3 Å². The molecule has 0 aliphatic carbocycles. The lowest BCUT2D eigenvalue weighted by atomic mass is 10.0. The number of amides is 2. The second-order valence-electron chi connectivity index (χ2n) is 10.5. The molecule has 0 atom stereocenters. The van der Waals surface area contributed by atoms with Gasteiger partial charge in [0.05, 0.1) is 11.4 Å². The number of hydrogen-bond donors (Lipinski definition) is 5. The number of carboxylic acid groups (broad SMARTS) is 2. The van der Waals surface area contributed by atoms with E-state index < -0.39 is 11.9 Å². The summed E-state index contributed by atoms with van der Waals surface area (Å²) in [6.07, 6.45) is 8.80. The topological polar surface area (TPSA) is 165 Å². The summed E-state index contributed by atoms with van der Waals surface area (Å²) in [6, 6.07) is 0. The van der Waals surface area contributed by atoms with Crippen LogP contribution in [0.2, 0.25) is 0 Å². The predicted octanol–water partition coefficient (Wildman–Crippen LogP) is 3.90. The van der Waals surface area contributed by atoms with Gasteiger partial charge in [-0.1, -0.05) is 25.3 Å². The van der Waals surface area contributed by atoms with Crippen molar-refractivity contribution in [3.8, 4) is 0 Å². The van der Waals surface area contributed by atoms with Crippen molar-refractivity contribution in [2.24, 2.45) is 4.99 Å². The van der Waals surface area contributed by atoms with E-state index in [9.17, 15) is 29.4 Å². The quantitative estimate of drug-likeness (QED) is 0.247. The van der Waals surface area contributed by atoms with Crippen LogP contribution < -0.4 is 16.0 Å². The molecule has 2 aliphatic heterocycles. The van der Waals surface area contributed by atoms with Gasteiger partial charge in [-0.25, -0.2) is 4.99 Å². The number of carbonyl (C=O) groups excluding carboxylic acids is 2. The lowest BCUT2D eigenvalue weighted by Gasteiger charge is -2.02. The molecule has 45 heavy (non-hydrogen) atoms. The van der Waals surface area contributed by atoms with Crippen molar-refractivity contribution in [1.29, 1.82) is 0 Å². The van der Waals surface area contributed by atoms with Crippen LogP contribution in [0, 0.1) is 13.8 Å². The van der Waals surface area contributed by atoms with E-state index in [0.29, 0.717) is 55.8 Å². The summed E-state index contributed by atoms with van der Waals surface area (Å²) >= 11 is 0. The number of aliphatic imine (C=N–C) groups is 1. The molecule has 10 nitrogen and oxygen atoms in total. The zero-order valence-corrected chi connectivity index (χ0v) is 27.1. The Hall–Kier alpha value is -4.67. The van der Waals surface area contributed by atoms with Gasteiger partial charge in [0, 0.05) is 51.6 Å². The van der Waals surface area contributed by atoms with Crippen LogP contribution in [0.1, 0.15) is 60.3 Å². The number of carboxylic acids is 2. The number of nitrogens with zero attached hydrogens (tertiary/aromatic N) is 1. The highest BCUT2D eigenvalue weighted by molar-refractivity contribution is 6.31. The van der Waals surface area contributed by atoms with Gasteiger partial charge in [-0.15, -0.1) is 24.8 Å². The second-order valence-corrected chi connectivity index (χ2v) is 10.5. The number of aliphatic carboxylic acids is 2. The van der Waals surface area contributed by atoms with E-state index in [1.165, 1.54) is 6.08 Å². The van der Waals surface area contributed by atoms with Gasteiger partial charge >= 0.3 is 11.9 Å². The molecular weight excluding hydrogens is 619 g/mol. The zero-order valence-electron chi connectivity index (χ0n) is 25.4. The molecule has 0 saturated carbocycles. The summed E-state index contributed by atoms with van der Waals surface area (Å²) in [4.78, 5) is 58.4. The van der Waals surface area contributed by atoms with Gasteiger partial charge in [-0.3, -0.25) is 19.2 Å². The molecule has 0 spiro atoms. The van der Waals surface area contributed by atoms with E-state index in [4.69, 9.17) is 0 Å². The predicted molar refractivity (Wildman–Crippen MR) is 179 cm³/mol. The van der Waals surface area contributed by atoms with Crippen molar-refractivity contribution in [3.63, 3.8) is 0 Å². The monoisotopic (exact) mass is 654 g/mol. The first-order valence-electron chi connectivity index (χ1n) is 13.8. The van der Waals surface area contributed by atoms with Crippen molar-refractivity contribution in [1.82, 2.24) is 15.3 Å². The Morgan fingerprint density at radius 2 is 1.36 bits per heavy atom. The number of aromatic nitrogens is 2. The maximum absolute atomic E-state index is 12.3. The summed E-state index contributed by atoms with van der Waals surface area (Å²) in [5, 5.41) is 23.0. The number of carbonyl (C=O) groups is 4. The number of hydrogen-bond acceptors (Lipinski definition) is 4. The number of aromatic amines is 2. The van der Waals surface area contributed by atoms with Crippen LogP contribution in [0.25, 0.3) is 18.2 Å². The average Bonchev–Trinajstić information content (AvgIpc) is 3.59. The van der Waals surface area contributed by atoms with Crippen molar-refractivity contribution in [2.75, 3.05) is 0 Å². The summed E-state index contributed by atoms with van der Waals surface area (Å²) in [5.74, 6) is -2.46. The first kappa shape index (κ1) is 36.5. The molecule has 2 amide bonds. The molecule has 2 aromatic rings. The second kappa shape index (κ2) is 14.9. The van der Waals surface area contributed by atoms with E-state index in [2.05, 4.69) is 33.4 Å². The van der Waals surface area contributed by atoms with Gasteiger partial charge in [-0.2, -0.15) is 0 Å². The van der Waals surface area contributed by atoms with E-state index in [1.54, 1.807) is 32.1 Å². The maximum atomic E-state index is 12.3. The molecule has 238 valence electrons. The SMILES string of the molecule is C=CC1=C(C)C(C=c2[nH]/c(=C\c3[nH]c(/C=C4/NC(=O)C(C)=C4C=C)c(C)c3CCC(=O)O)c(CCC(=O)O)c2C)=NC1=O.Cl.Cl. The minimum atomic E-state index is -0.941. The highest BCUT2D eigenvalue weighted by atomic mass is 35.5. The molecule has 2 aromatic heterocycles. The fourth-order valence-electron chi connectivity index (χ4n) is 5.34. The van der Waals surface area contributed by atoms with Crippen LogP contribution in [0.4, 0.5) is 0 Å². The minimum absolute atomic E-state index is 0. The molecule has 0 aromatic carbocycles. The van der Waals surface area contributed by atoms with Crippen LogP contribution in [0.5, 0.6) is 0 Å². The third-order valence-corrected chi connectivity index (χ3v) is 7.87. The van der Waals surface area contributed by atoms with E-state index >= 15 is 0 Å². The summed E-state index contributed by atoms with van der Waals surface area (Å²) in [5.41, 5.74) is 7.97. The van der Waals surface area contributed by atoms with Crippen molar-refractivity contribution < 1.29 is 29.4 Å². The van der Waals surface area contributed by atoms with Gasteiger partial charge in [0.25, 0.3) is 11.8 Å². The number of halogens is 2. The molecule has 0 saturated heterocycles. The molecule has 0 radical (unpaired) electrons. The van der Waals surface area contributed by atoms with Crippen LogP contribution in [0.15, 0.2) is 58.3 Å². The van der Waals surface area contributed by atoms with Crippen LogP contribution in [-0.4, -0.2) is 49.6 Å². The van der Waals surface area contributed by atoms with Gasteiger partial charge in [0.2, 0.25) is 0 Å². The van der Waals surface area contributed by atoms with Crippen LogP contribution in [-0.2, 0) is 32.0 Å². The first-order valence-corrected chi connectivity index (χ1v) is 13.8. The van der Waals surface area contributed by atoms with Crippen LogP contribution in [0.3, 0.4) is 0 Å². The normalized spacial score (nSPS) is 16.2. The lowest BCUT2D eigenvalue weighted by Crippen LogP contribution is -2.15. The lowest BCUT2D eigenvalue weighted by molar-refractivity contribution is -0.138. The molecule has 4 heterocycles. The molecule has 0 unspecified atom stereocenters. The van der Waals surface area contributed by atoms with Crippen molar-refractivity contribution in [3.05, 3.63) is 97.6 Å². The average molecular weight is 656 g/mol. The number of H-pyrrole nitrogens is 2. The Morgan fingerprint density at radius 3 is 1.91 bits per heavy atom. The highest BCUT2D eigenvalue weighted by Gasteiger charge is 2.23. The summed E-state index contributed by atoms with van der Waals surface area (Å²) in [6.45, 7) is 14.8. The molecule has 12 heteroatoms. The Kier molecular flexibility index (Phi) is 12.1. The number of rotatable bonds is 11. The summed E-state index contributed by atoms with van der Waals surface area (Å²) in [7, 11) is 0. The fraction of sp³-hybridized carbons (Fsp3) is 0.242. The first-order chi connectivity index (χ1) is 20.4. The number of allylic oxidation sites excluding steroid dienone is 2. The highest BCUT2D eigenvalue weighted by Crippen LogP contribution is 2.27. The number of nitrogens with one attached hydrogen (secondary N) is 3. The Morgan fingerprint density at radius 1 is 0.756 bits per heavy atom. The van der Waals surface area contributed by atoms with Gasteiger partial charge in [0.1, 0.15) is 0 Å². The Bertz CT molecular complexity index is 1870. The molecular formula is C33H36Cl2N4O6. The van der Waals surface area contributed by atoms with E-state index in [-0.39, 0.29) is 62.3 Å². The van der Waals surface area contributed by atoms with Gasteiger partial charge in [-0.05, 0) is 86.6 Å². The van der Waals surface area contributed by atoms with Gasteiger partial charge in [0.15, 0.2) is 0 Å². The standard InChI is InChI=1S/C33H34N4O6.2ClH/c1-7-20-19(6)32(42)37-27(20)14-25-18(5)23(10-12-31(40)41)29(35-25)15-28-22(9-11-30(38)39)17(4)24(34-28)13-26-16(3)21(8-2)33(43)36-26;;/h7-8,13-15,34-35H,1-2,9-12H2,3-6H3,(H,37,42)(H,38,39)(H,40,41);2*1H/b24-13?,27-14+,28-15-;;. The summed E-state index contributed by atoms with van der Waals surface area (Å²) < 4.78 is 0. The Labute approximate surface area is 272 Å². The molecule has 4 rings (SSSR count). The largest absolute Gasteiger partial charge is 0.481 e. The third-order valence-electron chi connectivity index (χ3n) is 7.87. The zero-order chi connectivity index (χ0) is 31.6.